The minimum Gasteiger partial charge on any atom is -0.323 e. The van der Waals surface area contributed by atoms with Crippen molar-refractivity contribution in [1.29, 1.82) is 0 Å². The molecule has 0 aliphatic carbocycles. The van der Waals surface area contributed by atoms with E-state index in [1.165, 1.54) is 0 Å². The molecule has 0 aromatic heterocycles. The lowest BCUT2D eigenvalue weighted by Gasteiger charge is -2.33. The Balaban J connectivity index is 1.88. The van der Waals surface area contributed by atoms with E-state index in [1.807, 2.05) is 24.3 Å². The first-order chi connectivity index (χ1) is 8.15. The number of hydrogen-bond donors (Lipinski definition) is 1. The number of halogens is 1. The molecule has 3 nitrogen and oxygen atoms in total. The predicted octanol–water partition coefficient (Wildman–Crippen LogP) is 1.59. The molecule has 1 aromatic rings. The number of piperazine rings is 1. The smallest absolute Gasteiger partial charge is 0.0424 e. The van der Waals surface area contributed by atoms with Gasteiger partial charge in [0.15, 0.2) is 0 Å². The van der Waals surface area contributed by atoms with Gasteiger partial charge in [-0.25, -0.2) is 0 Å². The molecular formula is C13H20ClN3. The predicted molar refractivity (Wildman–Crippen MR) is 72.3 cm³/mol. The van der Waals surface area contributed by atoms with Crippen molar-refractivity contribution in [3.05, 3.63) is 34.9 Å². The zero-order chi connectivity index (χ0) is 12.3. The number of likely N-dealkylation sites (N-methyl/N-ethyl adjacent to an activating group) is 1. The highest BCUT2D eigenvalue weighted by Crippen LogP contribution is 2.16. The lowest BCUT2D eigenvalue weighted by Crippen LogP contribution is -2.46. The minimum atomic E-state index is 0.0793. The van der Waals surface area contributed by atoms with E-state index in [0.29, 0.717) is 0 Å². The first-order valence-corrected chi connectivity index (χ1v) is 6.45. The number of nitrogens with zero attached hydrogens (tertiary/aromatic N) is 2. The number of benzene rings is 1. The molecule has 0 spiro atoms. The molecule has 0 radical (unpaired) electrons. The summed E-state index contributed by atoms with van der Waals surface area (Å²) in [6.07, 6.45) is 0. The first kappa shape index (κ1) is 12.8. The Morgan fingerprint density at radius 1 is 1.18 bits per heavy atom. The summed E-state index contributed by atoms with van der Waals surface area (Å²) in [4.78, 5) is 4.78. The van der Waals surface area contributed by atoms with Crippen LogP contribution in [0.5, 0.6) is 0 Å². The van der Waals surface area contributed by atoms with Crippen molar-refractivity contribution in [3.63, 3.8) is 0 Å². The van der Waals surface area contributed by atoms with Crippen LogP contribution in [0.2, 0.25) is 5.02 Å². The van der Waals surface area contributed by atoms with Gasteiger partial charge in [-0.1, -0.05) is 23.7 Å². The van der Waals surface area contributed by atoms with Crippen molar-refractivity contribution in [2.75, 3.05) is 39.8 Å². The lowest BCUT2D eigenvalue weighted by molar-refractivity contribution is 0.147. The van der Waals surface area contributed by atoms with Gasteiger partial charge in [0.2, 0.25) is 0 Å². The van der Waals surface area contributed by atoms with Gasteiger partial charge in [-0.15, -0.1) is 0 Å². The fourth-order valence-electron chi connectivity index (χ4n) is 2.12. The molecule has 17 heavy (non-hydrogen) atoms. The third-order valence-corrected chi connectivity index (χ3v) is 3.60. The Hall–Kier alpha value is -0.610. The van der Waals surface area contributed by atoms with Crippen molar-refractivity contribution >= 4 is 11.6 Å². The summed E-state index contributed by atoms with van der Waals surface area (Å²) in [7, 11) is 2.16. The zero-order valence-electron chi connectivity index (χ0n) is 10.3. The Morgan fingerprint density at radius 2 is 1.76 bits per heavy atom. The molecule has 1 aliphatic rings. The SMILES string of the molecule is CN1CCN(CC(N)c2ccc(Cl)cc2)CC1. The summed E-state index contributed by atoms with van der Waals surface area (Å²) in [6, 6.07) is 7.92. The van der Waals surface area contributed by atoms with Crippen molar-refractivity contribution in [2.45, 2.75) is 6.04 Å². The van der Waals surface area contributed by atoms with E-state index in [2.05, 4.69) is 16.8 Å². The summed E-state index contributed by atoms with van der Waals surface area (Å²) < 4.78 is 0. The molecule has 0 saturated carbocycles. The van der Waals surface area contributed by atoms with E-state index < -0.39 is 0 Å². The zero-order valence-corrected chi connectivity index (χ0v) is 11.0. The van der Waals surface area contributed by atoms with Crippen LogP contribution in [0.15, 0.2) is 24.3 Å². The van der Waals surface area contributed by atoms with Crippen LogP contribution in [-0.4, -0.2) is 49.6 Å². The molecule has 1 atom stereocenters. The Labute approximate surface area is 108 Å². The van der Waals surface area contributed by atoms with Crippen molar-refractivity contribution in [3.8, 4) is 0 Å². The largest absolute Gasteiger partial charge is 0.323 e. The van der Waals surface area contributed by atoms with Gasteiger partial charge in [-0.05, 0) is 24.7 Å². The van der Waals surface area contributed by atoms with E-state index in [4.69, 9.17) is 17.3 Å². The van der Waals surface area contributed by atoms with Crippen molar-refractivity contribution < 1.29 is 0 Å². The van der Waals surface area contributed by atoms with E-state index >= 15 is 0 Å². The molecule has 1 heterocycles. The van der Waals surface area contributed by atoms with Gasteiger partial charge in [0.05, 0.1) is 0 Å². The van der Waals surface area contributed by atoms with Crippen LogP contribution in [-0.2, 0) is 0 Å². The average molecular weight is 254 g/mol. The maximum absolute atomic E-state index is 6.21. The summed E-state index contributed by atoms with van der Waals surface area (Å²) in [5.74, 6) is 0. The van der Waals surface area contributed by atoms with Crippen LogP contribution in [0.25, 0.3) is 0 Å². The van der Waals surface area contributed by atoms with Gasteiger partial charge in [0.25, 0.3) is 0 Å². The van der Waals surface area contributed by atoms with E-state index in [-0.39, 0.29) is 6.04 Å². The van der Waals surface area contributed by atoms with E-state index in [1.54, 1.807) is 0 Å². The molecule has 1 saturated heterocycles. The first-order valence-electron chi connectivity index (χ1n) is 6.07. The highest BCUT2D eigenvalue weighted by atomic mass is 35.5. The standard InChI is InChI=1S/C13H20ClN3/c1-16-6-8-17(9-7-16)10-13(15)11-2-4-12(14)5-3-11/h2-5,13H,6-10,15H2,1H3. The minimum absolute atomic E-state index is 0.0793. The fraction of sp³-hybridized carbons (Fsp3) is 0.538. The van der Waals surface area contributed by atoms with Crippen LogP contribution >= 0.6 is 11.6 Å². The summed E-state index contributed by atoms with van der Waals surface area (Å²) >= 11 is 5.87. The molecule has 94 valence electrons. The molecule has 0 amide bonds. The van der Waals surface area contributed by atoms with E-state index in [9.17, 15) is 0 Å². The highest BCUT2D eigenvalue weighted by molar-refractivity contribution is 6.30. The van der Waals surface area contributed by atoms with Crippen LogP contribution < -0.4 is 5.73 Å². The summed E-state index contributed by atoms with van der Waals surface area (Å²) in [5, 5.41) is 0.764. The Kier molecular flexibility index (Phi) is 4.40. The van der Waals surface area contributed by atoms with Gasteiger partial charge < -0.3 is 10.6 Å². The molecule has 2 N–H and O–H groups in total. The monoisotopic (exact) mass is 253 g/mol. The second kappa shape index (κ2) is 5.83. The van der Waals surface area contributed by atoms with Crippen LogP contribution in [0.4, 0.5) is 0 Å². The van der Waals surface area contributed by atoms with Crippen LogP contribution in [0.1, 0.15) is 11.6 Å². The molecule has 1 unspecified atom stereocenters. The highest BCUT2D eigenvalue weighted by Gasteiger charge is 2.16. The molecule has 4 heteroatoms. The molecule has 1 fully saturated rings. The number of nitrogens with two attached hydrogens (primary N) is 1. The second-order valence-corrected chi connectivity index (χ2v) is 5.20. The molecule has 2 rings (SSSR count). The van der Waals surface area contributed by atoms with Crippen molar-refractivity contribution in [1.82, 2.24) is 9.80 Å². The topological polar surface area (TPSA) is 32.5 Å². The molecule has 1 aliphatic heterocycles. The quantitative estimate of drug-likeness (QED) is 0.888. The average Bonchev–Trinajstić information content (AvgIpc) is 2.33. The number of rotatable bonds is 3. The molecule has 0 bridgehead atoms. The van der Waals surface area contributed by atoms with E-state index in [0.717, 1.165) is 43.3 Å². The van der Waals surface area contributed by atoms with Gasteiger partial charge >= 0.3 is 0 Å². The fourth-order valence-corrected chi connectivity index (χ4v) is 2.25. The number of hydrogen-bond acceptors (Lipinski definition) is 3. The normalized spacial score (nSPS) is 20.4. The van der Waals surface area contributed by atoms with Gasteiger partial charge in [0, 0.05) is 43.8 Å². The van der Waals surface area contributed by atoms with Gasteiger partial charge in [-0.3, -0.25) is 4.90 Å². The van der Waals surface area contributed by atoms with Crippen LogP contribution in [0.3, 0.4) is 0 Å². The Morgan fingerprint density at radius 3 is 2.35 bits per heavy atom. The third kappa shape index (κ3) is 3.68. The molecule has 1 aromatic carbocycles. The summed E-state index contributed by atoms with van der Waals surface area (Å²) in [6.45, 7) is 5.41. The Bertz CT molecular complexity index is 344. The second-order valence-electron chi connectivity index (χ2n) is 4.76. The van der Waals surface area contributed by atoms with Gasteiger partial charge in [-0.2, -0.15) is 0 Å². The third-order valence-electron chi connectivity index (χ3n) is 3.35. The van der Waals surface area contributed by atoms with Crippen LogP contribution in [0, 0.1) is 0 Å². The summed E-state index contributed by atoms with van der Waals surface area (Å²) in [5.41, 5.74) is 7.37. The lowest BCUT2D eigenvalue weighted by atomic mass is 10.1. The maximum Gasteiger partial charge on any atom is 0.0424 e. The molecular weight excluding hydrogens is 234 g/mol. The van der Waals surface area contributed by atoms with Gasteiger partial charge in [0.1, 0.15) is 0 Å². The van der Waals surface area contributed by atoms with Crippen molar-refractivity contribution in [2.24, 2.45) is 5.73 Å². The maximum atomic E-state index is 6.21.